The molecule has 0 aromatic carbocycles. The summed E-state index contributed by atoms with van der Waals surface area (Å²) in [6.07, 6.45) is 7.19. The molecule has 0 bridgehead atoms. The first-order valence-corrected chi connectivity index (χ1v) is 8.33. The van der Waals surface area contributed by atoms with Gasteiger partial charge in [0.2, 0.25) is 11.2 Å². The molecule has 24 heavy (non-hydrogen) atoms. The molecule has 2 atom stereocenters. The molecule has 1 fully saturated rings. The number of ether oxygens (including phenoxy) is 1. The van der Waals surface area contributed by atoms with Crippen molar-refractivity contribution in [1.29, 1.82) is 0 Å². The molecule has 0 amide bonds. The highest BCUT2D eigenvalue weighted by molar-refractivity contribution is 6.28. The maximum Gasteiger partial charge on any atom is 0.226 e. The first-order valence-electron chi connectivity index (χ1n) is 7.95. The standard InChI is InChI=1S/C17H18ClN5O/c1-24-14-5-3-11(9-20-14)10-2-4-12(8-10)23-7-6-13-15(19)21-17(18)22-16(13)23/h3,5-7,9-10,12H,2,4,8H2,1H3,(H2,19,21,22). The summed E-state index contributed by atoms with van der Waals surface area (Å²) in [5.74, 6) is 1.56. The number of pyridine rings is 1. The third kappa shape index (κ3) is 2.57. The van der Waals surface area contributed by atoms with Crippen LogP contribution in [0.5, 0.6) is 5.88 Å². The summed E-state index contributed by atoms with van der Waals surface area (Å²) in [7, 11) is 1.63. The molecule has 2 N–H and O–H groups in total. The van der Waals surface area contributed by atoms with Gasteiger partial charge in [-0.25, -0.2) is 9.97 Å². The number of fused-ring (bicyclic) bond motifs is 1. The Morgan fingerprint density at radius 3 is 2.88 bits per heavy atom. The van der Waals surface area contributed by atoms with Gasteiger partial charge in [0.15, 0.2) is 0 Å². The van der Waals surface area contributed by atoms with Crippen molar-refractivity contribution in [3.63, 3.8) is 0 Å². The van der Waals surface area contributed by atoms with Crippen LogP contribution in [0.25, 0.3) is 11.0 Å². The summed E-state index contributed by atoms with van der Waals surface area (Å²) in [5.41, 5.74) is 8.01. The highest BCUT2D eigenvalue weighted by Crippen LogP contribution is 2.42. The molecule has 0 radical (unpaired) electrons. The predicted molar refractivity (Wildman–Crippen MR) is 93.4 cm³/mol. The van der Waals surface area contributed by atoms with Crippen molar-refractivity contribution in [1.82, 2.24) is 19.5 Å². The van der Waals surface area contributed by atoms with Crippen molar-refractivity contribution >= 4 is 28.5 Å². The lowest BCUT2D eigenvalue weighted by atomic mass is 9.99. The molecular formula is C17H18ClN5O. The Balaban J connectivity index is 1.60. The summed E-state index contributed by atoms with van der Waals surface area (Å²) in [5, 5.41) is 1.04. The monoisotopic (exact) mass is 343 g/mol. The van der Waals surface area contributed by atoms with Crippen LogP contribution in [-0.4, -0.2) is 26.6 Å². The number of methoxy groups -OCH3 is 1. The van der Waals surface area contributed by atoms with Crippen LogP contribution in [0.3, 0.4) is 0 Å². The van der Waals surface area contributed by atoms with E-state index in [4.69, 9.17) is 22.1 Å². The number of hydrogen-bond donors (Lipinski definition) is 1. The van der Waals surface area contributed by atoms with Gasteiger partial charge in [-0.15, -0.1) is 0 Å². The fourth-order valence-corrected chi connectivity index (χ4v) is 3.76. The van der Waals surface area contributed by atoms with Gasteiger partial charge in [0.25, 0.3) is 0 Å². The van der Waals surface area contributed by atoms with E-state index in [1.165, 1.54) is 5.56 Å². The Bertz CT molecular complexity index is 877. The lowest BCUT2D eigenvalue weighted by Gasteiger charge is -2.15. The first-order chi connectivity index (χ1) is 11.7. The van der Waals surface area contributed by atoms with Crippen molar-refractivity contribution < 1.29 is 4.74 Å². The van der Waals surface area contributed by atoms with E-state index in [0.29, 0.717) is 23.7 Å². The average molecular weight is 344 g/mol. The molecule has 124 valence electrons. The third-order valence-electron chi connectivity index (χ3n) is 4.81. The van der Waals surface area contributed by atoms with E-state index in [1.807, 2.05) is 24.5 Å². The Labute approximate surface area is 144 Å². The Kier molecular flexibility index (Phi) is 3.76. The minimum absolute atomic E-state index is 0.189. The van der Waals surface area contributed by atoms with Crippen LogP contribution in [0.4, 0.5) is 5.82 Å². The van der Waals surface area contributed by atoms with E-state index in [-0.39, 0.29) is 5.28 Å². The van der Waals surface area contributed by atoms with Gasteiger partial charge in [-0.3, -0.25) is 0 Å². The van der Waals surface area contributed by atoms with Crippen LogP contribution < -0.4 is 10.5 Å². The van der Waals surface area contributed by atoms with E-state index in [2.05, 4.69) is 25.6 Å². The number of nitrogens with zero attached hydrogens (tertiary/aromatic N) is 4. The van der Waals surface area contributed by atoms with Crippen LogP contribution in [0.2, 0.25) is 5.28 Å². The smallest absolute Gasteiger partial charge is 0.226 e. The second-order valence-corrected chi connectivity index (χ2v) is 6.47. The molecule has 0 aliphatic heterocycles. The maximum absolute atomic E-state index is 5.98. The predicted octanol–water partition coefficient (Wildman–Crippen LogP) is 3.58. The molecule has 4 rings (SSSR count). The lowest BCUT2D eigenvalue weighted by Crippen LogP contribution is -2.06. The molecule has 3 aromatic heterocycles. The molecule has 6 nitrogen and oxygen atoms in total. The van der Waals surface area contributed by atoms with E-state index < -0.39 is 0 Å². The zero-order valence-corrected chi connectivity index (χ0v) is 14.1. The fourth-order valence-electron chi connectivity index (χ4n) is 3.59. The molecule has 3 aromatic rings. The molecule has 7 heteroatoms. The summed E-state index contributed by atoms with van der Waals surface area (Å²) in [6.45, 7) is 0. The molecule has 1 aliphatic rings. The van der Waals surface area contributed by atoms with Crippen LogP contribution in [0, 0.1) is 0 Å². The van der Waals surface area contributed by atoms with Crippen molar-refractivity contribution in [3.05, 3.63) is 41.4 Å². The van der Waals surface area contributed by atoms with Crippen molar-refractivity contribution in [3.8, 4) is 5.88 Å². The quantitative estimate of drug-likeness (QED) is 0.735. The Hall–Kier alpha value is -2.34. The Morgan fingerprint density at radius 1 is 1.25 bits per heavy atom. The number of nitrogens with two attached hydrogens (primary N) is 1. The van der Waals surface area contributed by atoms with E-state index in [0.717, 1.165) is 30.3 Å². The number of aromatic nitrogens is 4. The van der Waals surface area contributed by atoms with Gasteiger partial charge in [0.1, 0.15) is 11.5 Å². The number of anilines is 1. The highest BCUT2D eigenvalue weighted by atomic mass is 35.5. The van der Waals surface area contributed by atoms with E-state index in [9.17, 15) is 0 Å². The lowest BCUT2D eigenvalue weighted by molar-refractivity contribution is 0.397. The third-order valence-corrected chi connectivity index (χ3v) is 4.98. The van der Waals surface area contributed by atoms with Crippen LogP contribution in [-0.2, 0) is 0 Å². The second-order valence-electron chi connectivity index (χ2n) is 6.14. The van der Waals surface area contributed by atoms with Gasteiger partial charge in [0, 0.05) is 24.5 Å². The summed E-state index contributed by atoms with van der Waals surface area (Å²) in [4.78, 5) is 12.7. The van der Waals surface area contributed by atoms with Gasteiger partial charge in [-0.2, -0.15) is 4.98 Å². The van der Waals surface area contributed by atoms with Gasteiger partial charge in [-0.05, 0) is 48.4 Å². The highest BCUT2D eigenvalue weighted by Gasteiger charge is 2.28. The van der Waals surface area contributed by atoms with Crippen molar-refractivity contribution in [2.45, 2.75) is 31.2 Å². The summed E-state index contributed by atoms with van der Waals surface area (Å²) < 4.78 is 7.31. The Morgan fingerprint density at radius 2 is 2.12 bits per heavy atom. The number of hydrogen-bond acceptors (Lipinski definition) is 5. The molecule has 3 heterocycles. The molecule has 2 unspecified atom stereocenters. The van der Waals surface area contributed by atoms with Crippen LogP contribution in [0.1, 0.15) is 36.8 Å². The van der Waals surface area contributed by atoms with Gasteiger partial charge >= 0.3 is 0 Å². The zero-order chi connectivity index (χ0) is 16.7. The number of rotatable bonds is 3. The first kappa shape index (κ1) is 15.2. The summed E-state index contributed by atoms with van der Waals surface area (Å²) in [6, 6.07) is 6.36. The zero-order valence-electron chi connectivity index (χ0n) is 13.3. The minimum Gasteiger partial charge on any atom is -0.481 e. The fraction of sp³-hybridized carbons (Fsp3) is 0.353. The maximum atomic E-state index is 5.98. The molecule has 1 aliphatic carbocycles. The molecule has 0 spiro atoms. The molecular weight excluding hydrogens is 326 g/mol. The largest absolute Gasteiger partial charge is 0.481 e. The van der Waals surface area contributed by atoms with Gasteiger partial charge < -0.3 is 15.0 Å². The van der Waals surface area contributed by atoms with Gasteiger partial charge in [-0.1, -0.05) is 6.07 Å². The van der Waals surface area contributed by atoms with Crippen molar-refractivity contribution in [2.75, 3.05) is 12.8 Å². The van der Waals surface area contributed by atoms with E-state index in [1.54, 1.807) is 7.11 Å². The minimum atomic E-state index is 0.189. The number of nitrogen functional groups attached to an aromatic ring is 1. The topological polar surface area (TPSA) is 78.9 Å². The SMILES string of the molecule is COc1ccc(C2CCC(n3ccc4c(N)nc(Cl)nc43)C2)cn1. The molecule has 1 saturated carbocycles. The average Bonchev–Trinajstić information content (AvgIpc) is 3.21. The molecule has 0 saturated heterocycles. The van der Waals surface area contributed by atoms with Crippen LogP contribution in [0.15, 0.2) is 30.6 Å². The van der Waals surface area contributed by atoms with E-state index >= 15 is 0 Å². The summed E-state index contributed by atoms with van der Waals surface area (Å²) >= 11 is 5.98. The van der Waals surface area contributed by atoms with Crippen LogP contribution >= 0.6 is 11.6 Å². The normalized spacial score (nSPS) is 20.6. The second kappa shape index (κ2) is 5.94. The van der Waals surface area contributed by atoms with Crippen molar-refractivity contribution in [2.24, 2.45) is 0 Å². The van der Waals surface area contributed by atoms with Gasteiger partial charge in [0.05, 0.1) is 12.5 Å². The number of halogens is 1.